The highest BCUT2D eigenvalue weighted by atomic mass is 16.5. The molecule has 1 saturated heterocycles. The number of amides is 1. The van der Waals surface area contributed by atoms with Crippen molar-refractivity contribution in [2.75, 3.05) is 56.7 Å². The summed E-state index contributed by atoms with van der Waals surface area (Å²) in [6.45, 7) is 5.78. The van der Waals surface area contributed by atoms with Crippen molar-refractivity contribution < 1.29 is 9.53 Å². The van der Waals surface area contributed by atoms with Crippen molar-refractivity contribution in [3.05, 3.63) is 12.1 Å². The Balaban J connectivity index is 1.73. The van der Waals surface area contributed by atoms with Crippen molar-refractivity contribution in [1.29, 1.82) is 0 Å². The summed E-state index contributed by atoms with van der Waals surface area (Å²) in [6, 6.07) is 3.97. The molecule has 2 rings (SSSR count). The van der Waals surface area contributed by atoms with Crippen molar-refractivity contribution in [3.63, 3.8) is 0 Å². The molecule has 1 aromatic heterocycles. The SMILES string of the molecule is CCOCCCNC(=O)C1CCN(c2ccc(N(C)C)nn2)CC1. The van der Waals surface area contributed by atoms with Crippen molar-refractivity contribution in [2.24, 2.45) is 5.92 Å². The van der Waals surface area contributed by atoms with Gasteiger partial charge in [0.2, 0.25) is 5.91 Å². The summed E-state index contributed by atoms with van der Waals surface area (Å²) in [7, 11) is 3.89. The Labute approximate surface area is 144 Å². The third kappa shape index (κ3) is 5.33. The molecule has 7 heteroatoms. The molecule has 0 atom stereocenters. The zero-order chi connectivity index (χ0) is 17.4. The van der Waals surface area contributed by atoms with Crippen molar-refractivity contribution in [2.45, 2.75) is 26.2 Å². The van der Waals surface area contributed by atoms with Gasteiger partial charge in [-0.15, -0.1) is 10.2 Å². The predicted octanol–water partition coefficient (Wildman–Crippen LogP) is 1.30. The third-order valence-corrected chi connectivity index (χ3v) is 4.25. The summed E-state index contributed by atoms with van der Waals surface area (Å²) in [5.74, 6) is 2.00. The number of anilines is 2. The fourth-order valence-electron chi connectivity index (χ4n) is 2.77. The van der Waals surface area contributed by atoms with Crippen molar-refractivity contribution in [3.8, 4) is 0 Å². The van der Waals surface area contributed by atoms with E-state index in [1.54, 1.807) is 0 Å². The normalized spacial score (nSPS) is 15.4. The van der Waals surface area contributed by atoms with Crippen molar-refractivity contribution >= 4 is 17.5 Å². The van der Waals surface area contributed by atoms with E-state index in [0.717, 1.165) is 50.6 Å². The van der Waals surface area contributed by atoms with Crippen LogP contribution >= 0.6 is 0 Å². The number of piperidine rings is 1. The monoisotopic (exact) mass is 335 g/mol. The first-order valence-corrected chi connectivity index (χ1v) is 8.73. The van der Waals surface area contributed by atoms with E-state index >= 15 is 0 Å². The van der Waals surface area contributed by atoms with Crippen LogP contribution < -0.4 is 15.1 Å². The van der Waals surface area contributed by atoms with E-state index in [1.807, 2.05) is 38.1 Å². The summed E-state index contributed by atoms with van der Waals surface area (Å²) < 4.78 is 5.27. The number of hydrogen-bond donors (Lipinski definition) is 1. The molecule has 0 aliphatic carbocycles. The largest absolute Gasteiger partial charge is 0.382 e. The van der Waals surface area contributed by atoms with Crippen LogP contribution in [-0.2, 0) is 9.53 Å². The number of hydrogen-bond acceptors (Lipinski definition) is 6. The summed E-state index contributed by atoms with van der Waals surface area (Å²) in [5.41, 5.74) is 0. The van der Waals surface area contributed by atoms with Gasteiger partial charge in [-0.2, -0.15) is 0 Å². The van der Waals surface area contributed by atoms with Gasteiger partial charge in [-0.25, -0.2) is 0 Å². The second-order valence-corrected chi connectivity index (χ2v) is 6.25. The van der Waals surface area contributed by atoms with Gasteiger partial charge in [0.15, 0.2) is 11.6 Å². The second-order valence-electron chi connectivity index (χ2n) is 6.25. The van der Waals surface area contributed by atoms with E-state index in [1.165, 1.54) is 0 Å². The Morgan fingerprint density at radius 2 is 2.08 bits per heavy atom. The van der Waals surface area contributed by atoms with E-state index in [4.69, 9.17) is 4.74 Å². The highest BCUT2D eigenvalue weighted by Gasteiger charge is 2.25. The number of aromatic nitrogens is 2. The molecule has 1 aliphatic rings. The molecule has 1 fully saturated rings. The lowest BCUT2D eigenvalue weighted by atomic mass is 9.96. The van der Waals surface area contributed by atoms with Gasteiger partial charge >= 0.3 is 0 Å². The van der Waals surface area contributed by atoms with Crippen LogP contribution in [0.15, 0.2) is 12.1 Å². The number of ether oxygens (including phenoxy) is 1. The lowest BCUT2D eigenvalue weighted by molar-refractivity contribution is -0.125. The molecule has 1 amide bonds. The number of nitrogens with zero attached hydrogens (tertiary/aromatic N) is 4. The molecule has 7 nitrogen and oxygen atoms in total. The van der Waals surface area contributed by atoms with E-state index < -0.39 is 0 Å². The topological polar surface area (TPSA) is 70.6 Å². The number of carbonyl (C=O) groups excluding carboxylic acids is 1. The van der Waals surface area contributed by atoms with Crippen LogP contribution in [0.5, 0.6) is 0 Å². The molecule has 134 valence electrons. The van der Waals surface area contributed by atoms with Crippen LogP contribution in [0.2, 0.25) is 0 Å². The van der Waals surface area contributed by atoms with Crippen LogP contribution in [0.25, 0.3) is 0 Å². The van der Waals surface area contributed by atoms with Crippen molar-refractivity contribution in [1.82, 2.24) is 15.5 Å². The van der Waals surface area contributed by atoms with Gasteiger partial charge in [-0.3, -0.25) is 4.79 Å². The Kier molecular flexibility index (Phi) is 7.24. The van der Waals surface area contributed by atoms with E-state index in [0.29, 0.717) is 13.2 Å². The second kappa shape index (κ2) is 9.42. The molecule has 1 aliphatic heterocycles. The first-order valence-electron chi connectivity index (χ1n) is 8.73. The van der Waals surface area contributed by atoms with Gasteiger partial charge in [0.25, 0.3) is 0 Å². The Bertz CT molecular complexity index is 498. The first-order chi connectivity index (χ1) is 11.6. The van der Waals surface area contributed by atoms with Crippen LogP contribution in [0.4, 0.5) is 11.6 Å². The number of nitrogens with one attached hydrogen (secondary N) is 1. The van der Waals surface area contributed by atoms with E-state index in [2.05, 4.69) is 20.4 Å². The Morgan fingerprint density at radius 1 is 1.33 bits per heavy atom. The maximum absolute atomic E-state index is 12.2. The average Bonchev–Trinajstić information content (AvgIpc) is 2.61. The molecule has 0 radical (unpaired) electrons. The van der Waals surface area contributed by atoms with Crippen LogP contribution in [0, 0.1) is 5.92 Å². The molecular formula is C17H29N5O2. The molecule has 0 saturated carbocycles. The summed E-state index contributed by atoms with van der Waals surface area (Å²) in [6.07, 6.45) is 2.58. The smallest absolute Gasteiger partial charge is 0.223 e. The average molecular weight is 335 g/mol. The summed E-state index contributed by atoms with van der Waals surface area (Å²) >= 11 is 0. The zero-order valence-electron chi connectivity index (χ0n) is 15.0. The summed E-state index contributed by atoms with van der Waals surface area (Å²) in [5, 5.41) is 11.5. The molecule has 24 heavy (non-hydrogen) atoms. The zero-order valence-corrected chi connectivity index (χ0v) is 15.0. The van der Waals surface area contributed by atoms with Gasteiger partial charge < -0.3 is 19.9 Å². The minimum Gasteiger partial charge on any atom is -0.382 e. The van der Waals surface area contributed by atoms with Gasteiger partial charge in [-0.05, 0) is 38.3 Å². The number of carbonyl (C=O) groups is 1. The Hall–Kier alpha value is -1.89. The quantitative estimate of drug-likeness (QED) is 0.722. The van der Waals surface area contributed by atoms with E-state index in [9.17, 15) is 4.79 Å². The maximum Gasteiger partial charge on any atom is 0.223 e. The van der Waals surface area contributed by atoms with Gasteiger partial charge in [0, 0.05) is 52.9 Å². The molecule has 0 aromatic carbocycles. The predicted molar refractivity (Wildman–Crippen MR) is 95.4 cm³/mol. The molecule has 1 aromatic rings. The van der Waals surface area contributed by atoms with Crippen LogP contribution in [0.1, 0.15) is 26.2 Å². The third-order valence-electron chi connectivity index (χ3n) is 4.25. The maximum atomic E-state index is 12.2. The minimum absolute atomic E-state index is 0.0994. The molecule has 0 bridgehead atoms. The fourth-order valence-corrected chi connectivity index (χ4v) is 2.77. The molecular weight excluding hydrogens is 306 g/mol. The van der Waals surface area contributed by atoms with Gasteiger partial charge in [0.1, 0.15) is 0 Å². The van der Waals surface area contributed by atoms with Crippen LogP contribution in [0.3, 0.4) is 0 Å². The lowest BCUT2D eigenvalue weighted by Gasteiger charge is -2.32. The fraction of sp³-hybridized carbons (Fsp3) is 0.706. The van der Waals surface area contributed by atoms with Crippen LogP contribution in [-0.4, -0.2) is 63.0 Å². The Morgan fingerprint density at radius 3 is 2.67 bits per heavy atom. The summed E-state index contributed by atoms with van der Waals surface area (Å²) in [4.78, 5) is 16.3. The standard InChI is InChI=1S/C17H29N5O2/c1-4-24-13-5-10-18-17(23)14-8-11-22(12-9-14)16-7-6-15(19-20-16)21(2)3/h6-7,14H,4-5,8-13H2,1-3H3,(H,18,23). The first kappa shape index (κ1) is 18.4. The van der Waals surface area contributed by atoms with Gasteiger partial charge in [0.05, 0.1) is 0 Å². The minimum atomic E-state index is 0.0994. The van der Waals surface area contributed by atoms with E-state index in [-0.39, 0.29) is 11.8 Å². The molecule has 0 spiro atoms. The highest BCUT2D eigenvalue weighted by Crippen LogP contribution is 2.22. The highest BCUT2D eigenvalue weighted by molar-refractivity contribution is 5.78. The molecule has 1 N–H and O–H groups in total. The molecule has 2 heterocycles. The number of rotatable bonds is 8. The van der Waals surface area contributed by atoms with Gasteiger partial charge in [-0.1, -0.05) is 0 Å². The lowest BCUT2D eigenvalue weighted by Crippen LogP contribution is -2.41. The molecule has 0 unspecified atom stereocenters.